The van der Waals surface area contributed by atoms with Crippen LogP contribution in [0.4, 0.5) is 17.3 Å². The summed E-state index contributed by atoms with van der Waals surface area (Å²) in [6, 6.07) is 11.0. The highest BCUT2D eigenvalue weighted by Gasteiger charge is 2.23. The summed E-state index contributed by atoms with van der Waals surface area (Å²) < 4.78 is 44.4. The number of carbonyl (C=O) groups is 2. The molecule has 0 spiro atoms. The number of methoxy groups -OCH3 is 1. The number of benzene rings is 2. The Labute approximate surface area is 168 Å². The fourth-order valence-electron chi connectivity index (χ4n) is 2.33. The lowest BCUT2D eigenvalue weighted by atomic mass is 9.99. The number of carbonyl (C=O) groups excluding carboxylic acids is 2. The van der Waals surface area contributed by atoms with Crippen molar-refractivity contribution in [3.8, 4) is 5.75 Å². The van der Waals surface area contributed by atoms with Gasteiger partial charge in [-0.2, -0.15) is 0 Å². The predicted octanol–water partition coefficient (Wildman–Crippen LogP) is 4.13. The number of oxime groups is 1. The molecular weight excluding hydrogens is 413 g/mol. The van der Waals surface area contributed by atoms with Gasteiger partial charge in [0.15, 0.2) is 11.5 Å². The average molecular weight is 433 g/mol. The Balaban J connectivity index is 0.000000749. The minimum Gasteiger partial charge on any atom is -0.496 e. The smallest absolute Gasteiger partial charge is 0.496 e. The maximum Gasteiger partial charge on any atom is 0.673 e. The Kier molecular flexibility index (Phi) is 9.15. The molecule has 0 atom stereocenters. The van der Waals surface area contributed by atoms with Crippen molar-refractivity contribution < 1.29 is 36.4 Å². The monoisotopic (exact) mass is 433 g/mol. The first kappa shape index (κ1) is 24.5. The first-order valence-electron chi connectivity index (χ1n) is 8.20. The van der Waals surface area contributed by atoms with Gasteiger partial charge in [0.2, 0.25) is 5.78 Å². The van der Waals surface area contributed by atoms with E-state index in [0.29, 0.717) is 17.1 Å². The Morgan fingerprint density at radius 1 is 1.03 bits per heavy atom. The Morgan fingerprint density at radius 2 is 1.59 bits per heavy atom. The normalized spacial score (nSPS) is 11.7. The predicted molar refractivity (Wildman–Crippen MR) is 108 cm³/mol. The molecule has 0 heterocycles. The van der Waals surface area contributed by atoms with Crippen molar-refractivity contribution >= 4 is 46.4 Å². The van der Waals surface area contributed by atoms with E-state index in [1.54, 1.807) is 19.2 Å². The molecule has 11 heteroatoms. The maximum atomic E-state index is 12.9. The van der Waals surface area contributed by atoms with E-state index in [0.717, 1.165) is 10.8 Å². The van der Waals surface area contributed by atoms with E-state index in [9.17, 15) is 26.9 Å². The van der Waals surface area contributed by atoms with Gasteiger partial charge in [-0.15, -0.1) is 0 Å². The average Bonchev–Trinajstić information content (AvgIpc) is 2.62. The van der Waals surface area contributed by atoms with Crippen LogP contribution in [0, 0.1) is 0 Å². The van der Waals surface area contributed by atoms with Gasteiger partial charge in [0.25, 0.3) is 0 Å². The van der Waals surface area contributed by atoms with Crippen LogP contribution in [0.1, 0.15) is 17.3 Å². The molecule has 29 heavy (non-hydrogen) atoms. The third-order valence-corrected chi connectivity index (χ3v) is 4.17. The van der Waals surface area contributed by atoms with Gasteiger partial charge >= 0.3 is 13.2 Å². The summed E-state index contributed by atoms with van der Waals surface area (Å²) in [6.45, 7) is 1.26. The van der Waals surface area contributed by atoms with Crippen LogP contribution in [0.5, 0.6) is 5.75 Å². The van der Waals surface area contributed by atoms with Crippen molar-refractivity contribution in [2.45, 2.75) is 6.92 Å². The molecule has 158 valence electrons. The van der Waals surface area contributed by atoms with Crippen LogP contribution >= 0.6 is 0 Å². The summed E-state index contributed by atoms with van der Waals surface area (Å²) in [7, 11) is -4.47. The number of hydrogen-bond donors (Lipinski definition) is 0. The van der Waals surface area contributed by atoms with Gasteiger partial charge in [0.05, 0.1) is 19.6 Å². The van der Waals surface area contributed by atoms with Gasteiger partial charge in [0.1, 0.15) is 5.75 Å². The number of halogens is 4. The van der Waals surface area contributed by atoms with Gasteiger partial charge in [-0.3, -0.25) is 4.79 Å². The lowest BCUT2D eigenvalue weighted by Crippen LogP contribution is -2.24. The number of rotatable bonds is 6. The fourth-order valence-corrected chi connectivity index (χ4v) is 3.06. The first-order chi connectivity index (χ1) is 13.4. The molecule has 2 aromatic rings. The molecule has 5 nitrogen and oxygen atoms in total. The van der Waals surface area contributed by atoms with Gasteiger partial charge in [0, 0.05) is 17.9 Å². The standard InChI is InChI=1S/C18H20NO4S.BF4/c1-12(20)23-19-16(11-24(3)4)18(21)15-9-10-17(22-2)14-8-6-5-7-13(14)15;2-1(3,4)5/h5-10H,11H2,1-4H3;/q+1;-1. The van der Waals surface area contributed by atoms with Gasteiger partial charge in [-0.1, -0.05) is 29.4 Å². The zero-order chi connectivity index (χ0) is 22.2. The first-order valence-corrected chi connectivity index (χ1v) is 10.4. The lowest BCUT2D eigenvalue weighted by Gasteiger charge is -2.10. The largest absolute Gasteiger partial charge is 0.673 e. The molecule has 0 aromatic heterocycles. The highest BCUT2D eigenvalue weighted by Crippen LogP contribution is 2.28. The summed E-state index contributed by atoms with van der Waals surface area (Å²) >= 11 is 0. The zero-order valence-electron chi connectivity index (χ0n) is 16.2. The van der Waals surface area contributed by atoms with Crippen molar-refractivity contribution in [2.75, 3.05) is 25.4 Å². The van der Waals surface area contributed by atoms with Crippen molar-refractivity contribution in [1.29, 1.82) is 0 Å². The quantitative estimate of drug-likeness (QED) is 0.131. The third-order valence-electron chi connectivity index (χ3n) is 3.32. The highest BCUT2D eigenvalue weighted by molar-refractivity contribution is 7.96. The summed E-state index contributed by atoms with van der Waals surface area (Å²) in [5.74, 6) is 0.363. The van der Waals surface area contributed by atoms with E-state index in [4.69, 9.17) is 9.57 Å². The molecule has 0 saturated carbocycles. The summed E-state index contributed by atoms with van der Waals surface area (Å²) in [4.78, 5) is 28.7. The van der Waals surface area contributed by atoms with E-state index in [1.807, 2.05) is 36.8 Å². The molecule has 0 N–H and O–H groups in total. The summed E-state index contributed by atoms with van der Waals surface area (Å²) in [5.41, 5.74) is 0.761. The Bertz CT molecular complexity index is 897. The molecule has 0 fully saturated rings. The number of ether oxygens (including phenoxy) is 1. The molecule has 0 amide bonds. The molecule has 2 aromatic carbocycles. The summed E-state index contributed by atoms with van der Waals surface area (Å²) in [5, 5.41) is 5.42. The second-order valence-electron chi connectivity index (χ2n) is 5.94. The molecule has 0 saturated heterocycles. The van der Waals surface area contributed by atoms with Crippen molar-refractivity contribution in [2.24, 2.45) is 5.16 Å². The van der Waals surface area contributed by atoms with Gasteiger partial charge < -0.3 is 26.8 Å². The van der Waals surface area contributed by atoms with E-state index in [1.165, 1.54) is 6.92 Å². The molecule has 0 aliphatic rings. The van der Waals surface area contributed by atoms with Gasteiger partial charge in [-0.25, -0.2) is 4.79 Å². The van der Waals surface area contributed by atoms with Gasteiger partial charge in [-0.05, 0) is 28.4 Å². The SMILES string of the molecule is COc1ccc(C(=O)C(C[S+](C)C)=NOC(C)=O)c2ccccc12.F[B-](F)(F)F. The van der Waals surface area contributed by atoms with Crippen LogP contribution in [0.2, 0.25) is 0 Å². The van der Waals surface area contributed by atoms with E-state index in [-0.39, 0.29) is 22.4 Å². The maximum absolute atomic E-state index is 12.9. The molecule has 0 radical (unpaired) electrons. The Hall–Kier alpha value is -2.56. The topological polar surface area (TPSA) is 65.0 Å². The second kappa shape index (κ2) is 10.8. The van der Waals surface area contributed by atoms with Crippen LogP contribution in [-0.2, 0) is 20.5 Å². The van der Waals surface area contributed by atoms with Crippen LogP contribution < -0.4 is 4.74 Å². The number of nitrogens with zero attached hydrogens (tertiary/aromatic N) is 1. The fraction of sp³-hybridized carbons (Fsp3) is 0.278. The van der Waals surface area contributed by atoms with Crippen LogP contribution in [-0.4, -0.2) is 50.1 Å². The van der Waals surface area contributed by atoms with Crippen molar-refractivity contribution in [1.82, 2.24) is 0 Å². The van der Waals surface area contributed by atoms with Crippen LogP contribution in [0.25, 0.3) is 10.8 Å². The van der Waals surface area contributed by atoms with E-state index >= 15 is 0 Å². The highest BCUT2D eigenvalue weighted by atomic mass is 32.2. The number of Topliss-reactive ketones (excluding diaryl/α,β-unsaturated/α-hetero) is 1. The van der Waals surface area contributed by atoms with E-state index < -0.39 is 13.2 Å². The zero-order valence-corrected chi connectivity index (χ0v) is 17.1. The molecule has 0 aliphatic carbocycles. The second-order valence-corrected chi connectivity index (χ2v) is 8.20. The van der Waals surface area contributed by atoms with Crippen LogP contribution in [0.15, 0.2) is 41.6 Å². The number of fused-ring (bicyclic) bond motifs is 1. The summed E-state index contributed by atoms with van der Waals surface area (Å²) in [6.07, 6.45) is 4.01. The third kappa shape index (κ3) is 8.55. The number of ketones is 1. The minimum absolute atomic E-state index is 0.0620. The lowest BCUT2D eigenvalue weighted by molar-refractivity contribution is -0.140. The minimum atomic E-state index is -6.00. The molecule has 0 unspecified atom stereocenters. The Morgan fingerprint density at radius 3 is 2.07 bits per heavy atom. The van der Waals surface area contributed by atoms with E-state index in [2.05, 4.69) is 5.16 Å². The number of hydrogen-bond acceptors (Lipinski definition) is 5. The molecule has 0 bridgehead atoms. The van der Waals surface area contributed by atoms with Crippen molar-refractivity contribution in [3.05, 3.63) is 42.0 Å². The van der Waals surface area contributed by atoms with Crippen molar-refractivity contribution in [3.63, 3.8) is 0 Å². The molecule has 2 rings (SSSR count). The molecular formula is C18H20BF4NO4S. The van der Waals surface area contributed by atoms with Crippen LogP contribution in [0.3, 0.4) is 0 Å². The molecule has 0 aliphatic heterocycles.